The van der Waals surface area contributed by atoms with Gasteiger partial charge in [0.05, 0.1) is 18.4 Å². The summed E-state index contributed by atoms with van der Waals surface area (Å²) >= 11 is 1.65. The van der Waals surface area contributed by atoms with Gasteiger partial charge in [0.25, 0.3) is 0 Å². The van der Waals surface area contributed by atoms with Gasteiger partial charge in [0.2, 0.25) is 0 Å². The molecule has 5 heteroatoms. The minimum atomic E-state index is -0.492. The number of rotatable bonds is 4. The van der Waals surface area contributed by atoms with Gasteiger partial charge in [-0.15, -0.1) is 11.3 Å². The van der Waals surface area contributed by atoms with E-state index >= 15 is 0 Å². The maximum Gasteiger partial charge on any atom is 0.185 e. The van der Waals surface area contributed by atoms with Crippen LogP contribution in [0.3, 0.4) is 0 Å². The Hall–Kier alpha value is -1.43. The van der Waals surface area contributed by atoms with Crippen LogP contribution in [-0.4, -0.2) is 36.4 Å². The van der Waals surface area contributed by atoms with Gasteiger partial charge >= 0.3 is 0 Å². The monoisotopic (exact) mass is 304 g/mol. The van der Waals surface area contributed by atoms with Gasteiger partial charge in [-0.1, -0.05) is 30.3 Å². The molecule has 0 bridgehead atoms. The van der Waals surface area contributed by atoms with E-state index < -0.39 is 6.10 Å². The van der Waals surface area contributed by atoms with Crippen molar-refractivity contribution < 1.29 is 9.84 Å². The fraction of sp³-hybridized carbons (Fsp3) is 0.438. The highest BCUT2D eigenvalue weighted by molar-refractivity contribution is 7.13. The van der Waals surface area contributed by atoms with Crippen molar-refractivity contribution in [3.05, 3.63) is 47.0 Å². The standard InChI is InChI=1S/C16H20N2O2S/c19-15(13-5-2-1-3-6-13)11-14-12-21-16(17-14)18-7-4-9-20-10-8-18/h1-3,5-6,12,15,19H,4,7-11H2. The SMILES string of the molecule is OC(Cc1csc(N2CCCOCC2)n1)c1ccccc1. The summed E-state index contributed by atoms with van der Waals surface area (Å²) in [4.78, 5) is 6.94. The molecule has 2 aromatic rings. The summed E-state index contributed by atoms with van der Waals surface area (Å²) in [7, 11) is 0. The zero-order chi connectivity index (χ0) is 14.5. The molecule has 0 saturated carbocycles. The average Bonchev–Trinajstić information content (AvgIpc) is 2.81. The molecule has 1 aliphatic rings. The van der Waals surface area contributed by atoms with Crippen molar-refractivity contribution >= 4 is 16.5 Å². The Bertz CT molecular complexity index is 550. The molecular weight excluding hydrogens is 284 g/mol. The first-order valence-electron chi connectivity index (χ1n) is 7.33. The molecule has 0 spiro atoms. The normalized spacial score (nSPS) is 17.5. The van der Waals surface area contributed by atoms with E-state index in [4.69, 9.17) is 4.74 Å². The van der Waals surface area contributed by atoms with Gasteiger partial charge in [-0.05, 0) is 12.0 Å². The Morgan fingerprint density at radius 2 is 2.10 bits per heavy atom. The summed E-state index contributed by atoms with van der Waals surface area (Å²) in [5.41, 5.74) is 1.90. The summed E-state index contributed by atoms with van der Waals surface area (Å²) in [5.74, 6) is 0. The van der Waals surface area contributed by atoms with Gasteiger partial charge < -0.3 is 14.7 Å². The maximum absolute atomic E-state index is 10.3. The quantitative estimate of drug-likeness (QED) is 0.943. The second kappa shape index (κ2) is 7.02. The number of aliphatic hydroxyl groups is 1. The third kappa shape index (κ3) is 3.81. The van der Waals surface area contributed by atoms with E-state index in [0.717, 1.165) is 49.1 Å². The van der Waals surface area contributed by atoms with Crippen LogP contribution in [0.2, 0.25) is 0 Å². The fourth-order valence-corrected chi connectivity index (χ4v) is 3.36. The lowest BCUT2D eigenvalue weighted by Crippen LogP contribution is -2.25. The Morgan fingerprint density at radius 3 is 2.95 bits per heavy atom. The molecule has 1 unspecified atom stereocenters. The molecule has 1 fully saturated rings. The molecule has 3 rings (SSSR count). The minimum Gasteiger partial charge on any atom is -0.388 e. The van der Waals surface area contributed by atoms with Crippen LogP contribution in [0.25, 0.3) is 0 Å². The van der Waals surface area contributed by atoms with E-state index in [2.05, 4.69) is 9.88 Å². The third-order valence-corrected chi connectivity index (χ3v) is 4.57. The van der Waals surface area contributed by atoms with E-state index in [-0.39, 0.29) is 0 Å². The van der Waals surface area contributed by atoms with Crippen molar-refractivity contribution in [2.75, 3.05) is 31.2 Å². The third-order valence-electron chi connectivity index (χ3n) is 3.62. The van der Waals surface area contributed by atoms with Crippen LogP contribution in [0.1, 0.15) is 23.8 Å². The number of thiazole rings is 1. The largest absolute Gasteiger partial charge is 0.388 e. The van der Waals surface area contributed by atoms with E-state index in [1.165, 1.54) is 0 Å². The van der Waals surface area contributed by atoms with Gasteiger partial charge in [0.1, 0.15) is 0 Å². The van der Waals surface area contributed by atoms with Crippen molar-refractivity contribution in [3.8, 4) is 0 Å². The highest BCUT2D eigenvalue weighted by atomic mass is 32.1. The Kier molecular flexibility index (Phi) is 4.85. The maximum atomic E-state index is 10.3. The average molecular weight is 304 g/mol. The molecule has 2 heterocycles. The van der Waals surface area contributed by atoms with Crippen LogP contribution >= 0.6 is 11.3 Å². The predicted octanol–water partition coefficient (Wildman–Crippen LogP) is 2.65. The molecule has 112 valence electrons. The predicted molar refractivity (Wildman–Crippen MR) is 84.9 cm³/mol. The first kappa shape index (κ1) is 14.5. The molecule has 1 N–H and O–H groups in total. The van der Waals surface area contributed by atoms with Crippen molar-refractivity contribution in [1.82, 2.24) is 4.98 Å². The van der Waals surface area contributed by atoms with E-state index in [9.17, 15) is 5.11 Å². The van der Waals surface area contributed by atoms with E-state index in [0.29, 0.717) is 6.42 Å². The van der Waals surface area contributed by atoms with Crippen molar-refractivity contribution in [3.63, 3.8) is 0 Å². The molecule has 1 aromatic heterocycles. The smallest absolute Gasteiger partial charge is 0.185 e. The summed E-state index contributed by atoms with van der Waals surface area (Å²) in [6.45, 7) is 3.49. The van der Waals surface area contributed by atoms with Crippen LogP contribution in [0.4, 0.5) is 5.13 Å². The van der Waals surface area contributed by atoms with Crippen LogP contribution in [0.5, 0.6) is 0 Å². The first-order chi connectivity index (χ1) is 10.3. The van der Waals surface area contributed by atoms with Crippen molar-refractivity contribution in [2.24, 2.45) is 0 Å². The molecule has 1 aliphatic heterocycles. The van der Waals surface area contributed by atoms with Crippen LogP contribution < -0.4 is 4.90 Å². The molecule has 21 heavy (non-hydrogen) atoms. The number of aromatic nitrogens is 1. The molecule has 0 aliphatic carbocycles. The van der Waals surface area contributed by atoms with Crippen molar-refractivity contribution in [2.45, 2.75) is 18.9 Å². The number of hydrogen-bond donors (Lipinski definition) is 1. The lowest BCUT2D eigenvalue weighted by molar-refractivity contribution is 0.152. The summed E-state index contributed by atoms with van der Waals surface area (Å²) in [6, 6.07) is 9.75. The van der Waals surface area contributed by atoms with Crippen molar-refractivity contribution in [1.29, 1.82) is 0 Å². The zero-order valence-electron chi connectivity index (χ0n) is 11.9. The second-order valence-corrected chi connectivity index (χ2v) is 6.04. The molecule has 0 radical (unpaired) electrons. The van der Waals surface area contributed by atoms with Gasteiger partial charge in [0, 0.05) is 31.5 Å². The highest BCUT2D eigenvalue weighted by Gasteiger charge is 2.15. The number of benzene rings is 1. The fourth-order valence-electron chi connectivity index (χ4n) is 2.46. The van der Waals surface area contributed by atoms with E-state index in [1.807, 2.05) is 35.7 Å². The Balaban J connectivity index is 1.64. The molecule has 1 saturated heterocycles. The second-order valence-electron chi connectivity index (χ2n) is 5.20. The van der Waals surface area contributed by atoms with Crippen LogP contribution in [-0.2, 0) is 11.2 Å². The lowest BCUT2D eigenvalue weighted by atomic mass is 10.1. The van der Waals surface area contributed by atoms with Gasteiger partial charge in [0.15, 0.2) is 5.13 Å². The number of hydrogen-bond acceptors (Lipinski definition) is 5. The highest BCUT2D eigenvalue weighted by Crippen LogP contribution is 2.25. The first-order valence-corrected chi connectivity index (χ1v) is 8.21. The molecule has 4 nitrogen and oxygen atoms in total. The van der Waals surface area contributed by atoms with Gasteiger partial charge in [-0.25, -0.2) is 4.98 Å². The van der Waals surface area contributed by atoms with Gasteiger partial charge in [-0.3, -0.25) is 0 Å². The summed E-state index contributed by atoms with van der Waals surface area (Å²) < 4.78 is 5.47. The van der Waals surface area contributed by atoms with Crippen LogP contribution in [0, 0.1) is 0 Å². The Labute approximate surface area is 129 Å². The summed E-state index contributed by atoms with van der Waals surface area (Å²) in [5, 5.41) is 13.4. The minimum absolute atomic E-state index is 0.492. The molecule has 1 aromatic carbocycles. The topological polar surface area (TPSA) is 45.6 Å². The number of ether oxygens (including phenoxy) is 1. The Morgan fingerprint density at radius 1 is 1.24 bits per heavy atom. The lowest BCUT2D eigenvalue weighted by Gasteiger charge is -2.17. The van der Waals surface area contributed by atoms with Gasteiger partial charge in [-0.2, -0.15) is 0 Å². The van der Waals surface area contributed by atoms with Crippen LogP contribution in [0.15, 0.2) is 35.7 Å². The number of nitrogens with zero attached hydrogens (tertiary/aromatic N) is 2. The van der Waals surface area contributed by atoms with E-state index in [1.54, 1.807) is 11.3 Å². The molecule has 1 atom stereocenters. The number of anilines is 1. The molecule has 0 amide bonds. The zero-order valence-corrected chi connectivity index (χ0v) is 12.8. The molecular formula is C16H20N2O2S. The number of aliphatic hydroxyl groups excluding tert-OH is 1. The summed E-state index contributed by atoms with van der Waals surface area (Å²) in [6.07, 6.45) is 1.11.